The first kappa shape index (κ1) is 7.64. The fourth-order valence-corrected chi connectivity index (χ4v) is 1.36. The van der Waals surface area contributed by atoms with Crippen LogP contribution in [0.2, 0.25) is 0 Å². The van der Waals surface area contributed by atoms with Crippen molar-refractivity contribution in [2.24, 2.45) is 0 Å². The third-order valence-electron chi connectivity index (χ3n) is 2.06. The minimum absolute atomic E-state index is 0.0474. The molecule has 0 radical (unpaired) electrons. The van der Waals surface area contributed by atoms with Gasteiger partial charge in [0.25, 0.3) is 0 Å². The predicted octanol–water partition coefficient (Wildman–Crippen LogP) is -0.0487. The molecule has 1 aliphatic heterocycles. The van der Waals surface area contributed by atoms with Gasteiger partial charge in [0.15, 0.2) is 0 Å². The summed E-state index contributed by atoms with van der Waals surface area (Å²) in [6.45, 7) is 0.980. The Balaban J connectivity index is 2.19. The average molecular weight is 166 g/mol. The topological polar surface area (TPSA) is 55.2 Å². The summed E-state index contributed by atoms with van der Waals surface area (Å²) in [7, 11) is 0. The van der Waals surface area contributed by atoms with Gasteiger partial charge in [-0.05, 0) is 5.56 Å². The third-order valence-corrected chi connectivity index (χ3v) is 2.06. The summed E-state index contributed by atoms with van der Waals surface area (Å²) < 4.78 is 5.12. The van der Waals surface area contributed by atoms with Gasteiger partial charge in [-0.2, -0.15) is 0 Å². The smallest absolute Gasteiger partial charge is 0.115 e. The van der Waals surface area contributed by atoms with Crippen LogP contribution in [0.25, 0.3) is 0 Å². The lowest BCUT2D eigenvalue weighted by molar-refractivity contribution is 0.124. The maximum Gasteiger partial charge on any atom is 0.115 e. The number of aliphatic hydroxyl groups excluding tert-OH is 1. The molecule has 1 saturated heterocycles. The largest absolute Gasteiger partial charge is 0.390 e. The lowest BCUT2D eigenvalue weighted by Gasteiger charge is -2.10. The van der Waals surface area contributed by atoms with Gasteiger partial charge >= 0.3 is 0 Å². The molecule has 0 saturated carbocycles. The van der Waals surface area contributed by atoms with Crippen molar-refractivity contribution >= 4 is 0 Å². The van der Waals surface area contributed by atoms with Gasteiger partial charge < -0.3 is 9.84 Å². The van der Waals surface area contributed by atoms with Crippen LogP contribution in [0.4, 0.5) is 0 Å². The molecule has 0 bridgehead atoms. The van der Waals surface area contributed by atoms with E-state index in [9.17, 15) is 5.11 Å². The van der Waals surface area contributed by atoms with Gasteiger partial charge in [0.05, 0.1) is 19.3 Å². The molecular weight excluding hydrogens is 156 g/mol. The van der Waals surface area contributed by atoms with E-state index in [0.717, 1.165) is 5.56 Å². The van der Waals surface area contributed by atoms with Crippen LogP contribution < -0.4 is 0 Å². The third kappa shape index (κ3) is 1.31. The Morgan fingerprint density at radius 2 is 2.08 bits per heavy atom. The summed E-state index contributed by atoms with van der Waals surface area (Å²) in [6, 6.07) is 0. The van der Waals surface area contributed by atoms with E-state index >= 15 is 0 Å². The Morgan fingerprint density at radius 3 is 2.67 bits per heavy atom. The fourth-order valence-electron chi connectivity index (χ4n) is 1.36. The van der Waals surface area contributed by atoms with E-state index in [1.165, 1.54) is 6.33 Å². The van der Waals surface area contributed by atoms with E-state index in [0.29, 0.717) is 13.2 Å². The highest BCUT2D eigenvalue weighted by Gasteiger charge is 2.27. The number of aliphatic hydroxyl groups is 1. The Kier molecular flexibility index (Phi) is 2.01. The van der Waals surface area contributed by atoms with Gasteiger partial charge in [-0.15, -0.1) is 0 Å². The zero-order valence-corrected chi connectivity index (χ0v) is 6.55. The molecule has 0 unspecified atom stereocenters. The summed E-state index contributed by atoms with van der Waals surface area (Å²) in [5.41, 5.74) is 0.947. The van der Waals surface area contributed by atoms with Crippen molar-refractivity contribution in [1.29, 1.82) is 0 Å². The molecule has 0 aromatic carbocycles. The van der Waals surface area contributed by atoms with Gasteiger partial charge in [0, 0.05) is 18.3 Å². The zero-order valence-electron chi connectivity index (χ0n) is 6.55. The highest BCUT2D eigenvalue weighted by atomic mass is 16.5. The molecule has 12 heavy (non-hydrogen) atoms. The molecular formula is C8H10N2O2. The van der Waals surface area contributed by atoms with Crippen molar-refractivity contribution in [3.63, 3.8) is 0 Å². The Labute approximate surface area is 70.2 Å². The molecule has 2 heterocycles. The molecule has 1 N–H and O–H groups in total. The van der Waals surface area contributed by atoms with Crippen LogP contribution in [-0.4, -0.2) is 34.4 Å². The van der Waals surface area contributed by atoms with Crippen molar-refractivity contribution in [1.82, 2.24) is 9.97 Å². The van der Waals surface area contributed by atoms with Crippen molar-refractivity contribution in [2.45, 2.75) is 12.0 Å². The lowest BCUT2D eigenvalue weighted by atomic mass is 10.00. The molecule has 1 aromatic heterocycles. The summed E-state index contributed by atoms with van der Waals surface area (Å²) >= 11 is 0. The number of ether oxygens (including phenoxy) is 1. The first-order chi connectivity index (χ1) is 5.88. The molecule has 4 nitrogen and oxygen atoms in total. The predicted molar refractivity (Wildman–Crippen MR) is 41.6 cm³/mol. The second-order valence-corrected chi connectivity index (χ2v) is 2.88. The monoisotopic (exact) mass is 166 g/mol. The molecule has 1 aromatic rings. The molecule has 0 aliphatic carbocycles. The number of nitrogens with zero attached hydrogens (tertiary/aromatic N) is 2. The normalized spacial score (nSPS) is 29.1. The van der Waals surface area contributed by atoms with Crippen molar-refractivity contribution in [3.8, 4) is 0 Å². The number of hydrogen-bond donors (Lipinski definition) is 1. The lowest BCUT2D eigenvalue weighted by Crippen LogP contribution is -2.15. The van der Waals surface area contributed by atoms with E-state index in [-0.39, 0.29) is 5.92 Å². The van der Waals surface area contributed by atoms with Crippen LogP contribution in [0.3, 0.4) is 0 Å². The van der Waals surface area contributed by atoms with Gasteiger partial charge in [0.1, 0.15) is 6.33 Å². The van der Waals surface area contributed by atoms with E-state index in [4.69, 9.17) is 4.74 Å². The fraction of sp³-hybridized carbons (Fsp3) is 0.500. The van der Waals surface area contributed by atoms with E-state index in [1.54, 1.807) is 12.4 Å². The quantitative estimate of drug-likeness (QED) is 0.635. The van der Waals surface area contributed by atoms with Gasteiger partial charge in [-0.25, -0.2) is 9.97 Å². The Morgan fingerprint density at radius 1 is 1.33 bits per heavy atom. The number of rotatable bonds is 1. The SMILES string of the molecule is O[C@@H]1COC[C@H]1c1cncnc1. The molecule has 1 fully saturated rings. The van der Waals surface area contributed by atoms with Crippen LogP contribution in [0.1, 0.15) is 11.5 Å². The van der Waals surface area contributed by atoms with Gasteiger partial charge in [-0.1, -0.05) is 0 Å². The summed E-state index contributed by atoms with van der Waals surface area (Å²) in [4.78, 5) is 7.77. The molecule has 2 atom stereocenters. The molecule has 0 amide bonds. The molecule has 2 rings (SSSR count). The van der Waals surface area contributed by atoms with E-state index in [1.807, 2.05) is 0 Å². The highest BCUT2D eigenvalue weighted by Crippen LogP contribution is 2.23. The van der Waals surface area contributed by atoms with Crippen molar-refractivity contribution in [3.05, 3.63) is 24.3 Å². The Bertz CT molecular complexity index is 252. The second-order valence-electron chi connectivity index (χ2n) is 2.88. The number of aromatic nitrogens is 2. The Hall–Kier alpha value is -1.00. The first-order valence-electron chi connectivity index (χ1n) is 3.88. The van der Waals surface area contributed by atoms with Crippen LogP contribution in [0.5, 0.6) is 0 Å². The van der Waals surface area contributed by atoms with Gasteiger partial charge in [0.2, 0.25) is 0 Å². The first-order valence-corrected chi connectivity index (χ1v) is 3.88. The minimum Gasteiger partial charge on any atom is -0.390 e. The van der Waals surface area contributed by atoms with Crippen LogP contribution in [-0.2, 0) is 4.74 Å². The van der Waals surface area contributed by atoms with Crippen LogP contribution >= 0.6 is 0 Å². The average Bonchev–Trinajstić information content (AvgIpc) is 2.53. The zero-order chi connectivity index (χ0) is 8.39. The van der Waals surface area contributed by atoms with E-state index < -0.39 is 6.10 Å². The van der Waals surface area contributed by atoms with Crippen molar-refractivity contribution < 1.29 is 9.84 Å². The summed E-state index contributed by atoms with van der Waals surface area (Å²) in [5, 5.41) is 9.46. The molecule has 4 heteroatoms. The van der Waals surface area contributed by atoms with Crippen LogP contribution in [0.15, 0.2) is 18.7 Å². The molecule has 0 spiro atoms. The highest BCUT2D eigenvalue weighted by molar-refractivity contribution is 5.13. The summed E-state index contributed by atoms with van der Waals surface area (Å²) in [6.07, 6.45) is 4.51. The van der Waals surface area contributed by atoms with Gasteiger partial charge in [-0.3, -0.25) is 0 Å². The molecule has 1 aliphatic rings. The minimum atomic E-state index is -0.406. The maximum absolute atomic E-state index is 9.46. The standard InChI is InChI=1S/C8H10N2O2/c11-8-4-12-3-7(8)6-1-9-5-10-2-6/h1-2,5,7-8,11H,3-4H2/t7-,8+/m0/s1. The van der Waals surface area contributed by atoms with E-state index in [2.05, 4.69) is 9.97 Å². The summed E-state index contributed by atoms with van der Waals surface area (Å²) in [5.74, 6) is 0.0474. The van der Waals surface area contributed by atoms with Crippen LogP contribution in [0, 0.1) is 0 Å². The molecule has 64 valence electrons. The van der Waals surface area contributed by atoms with Crippen molar-refractivity contribution in [2.75, 3.05) is 13.2 Å². The second kappa shape index (κ2) is 3.16. The maximum atomic E-state index is 9.46. The number of hydrogen-bond acceptors (Lipinski definition) is 4.